The standard InChI is InChI=1S/C11H13F3O4/c1-4-6(2)10(17)18-8(11(12,13)14)5-7(3)9(15)16/h4-5,8H,1-3H3,(H,15,16). The first-order valence-corrected chi connectivity index (χ1v) is 4.92. The van der Waals surface area contributed by atoms with Gasteiger partial charge in [0.25, 0.3) is 0 Å². The number of carboxylic acid groups (broad SMARTS) is 1. The van der Waals surface area contributed by atoms with Crippen LogP contribution in [-0.2, 0) is 14.3 Å². The van der Waals surface area contributed by atoms with Crippen molar-refractivity contribution in [3.63, 3.8) is 0 Å². The summed E-state index contributed by atoms with van der Waals surface area (Å²) in [6.45, 7) is 3.75. The molecule has 0 spiro atoms. The Morgan fingerprint density at radius 2 is 1.72 bits per heavy atom. The topological polar surface area (TPSA) is 63.6 Å². The molecule has 0 aromatic rings. The summed E-state index contributed by atoms with van der Waals surface area (Å²) in [7, 11) is 0. The van der Waals surface area contributed by atoms with Gasteiger partial charge in [-0.1, -0.05) is 6.08 Å². The molecule has 4 nitrogen and oxygen atoms in total. The first-order valence-electron chi connectivity index (χ1n) is 4.92. The quantitative estimate of drug-likeness (QED) is 0.627. The third-order valence-corrected chi connectivity index (χ3v) is 2.05. The maximum absolute atomic E-state index is 12.5. The fourth-order valence-electron chi connectivity index (χ4n) is 0.820. The number of alkyl halides is 3. The van der Waals surface area contributed by atoms with E-state index in [1.807, 2.05) is 0 Å². The Morgan fingerprint density at radius 3 is 2.06 bits per heavy atom. The Bertz CT molecular complexity index is 394. The predicted molar refractivity (Wildman–Crippen MR) is 56.8 cm³/mol. The van der Waals surface area contributed by atoms with E-state index in [4.69, 9.17) is 5.11 Å². The van der Waals surface area contributed by atoms with Crippen LogP contribution in [0.4, 0.5) is 13.2 Å². The summed E-state index contributed by atoms with van der Waals surface area (Å²) in [5.41, 5.74) is -0.547. The maximum atomic E-state index is 12.5. The molecule has 0 saturated carbocycles. The van der Waals surface area contributed by atoms with Crippen LogP contribution in [0, 0.1) is 0 Å². The third-order valence-electron chi connectivity index (χ3n) is 2.05. The number of carbonyl (C=O) groups excluding carboxylic acids is 1. The number of rotatable bonds is 4. The van der Waals surface area contributed by atoms with Crippen LogP contribution in [0.2, 0.25) is 0 Å². The van der Waals surface area contributed by atoms with Crippen molar-refractivity contribution in [2.24, 2.45) is 0 Å². The lowest BCUT2D eigenvalue weighted by atomic mass is 10.2. The summed E-state index contributed by atoms with van der Waals surface area (Å²) in [4.78, 5) is 21.7. The molecule has 0 aromatic heterocycles. The van der Waals surface area contributed by atoms with Gasteiger partial charge < -0.3 is 9.84 Å². The summed E-state index contributed by atoms with van der Waals surface area (Å²) in [5, 5.41) is 8.50. The highest BCUT2D eigenvalue weighted by atomic mass is 19.4. The van der Waals surface area contributed by atoms with Crippen LogP contribution in [-0.4, -0.2) is 29.3 Å². The van der Waals surface area contributed by atoms with Crippen molar-refractivity contribution in [1.82, 2.24) is 0 Å². The number of allylic oxidation sites excluding steroid dienone is 1. The summed E-state index contributed by atoms with van der Waals surface area (Å²) in [5.74, 6) is -2.66. The Morgan fingerprint density at radius 1 is 1.22 bits per heavy atom. The molecular formula is C11H13F3O4. The van der Waals surface area contributed by atoms with E-state index in [2.05, 4.69) is 4.74 Å². The van der Waals surface area contributed by atoms with Crippen molar-refractivity contribution >= 4 is 11.9 Å². The molecule has 0 aromatic carbocycles. The highest BCUT2D eigenvalue weighted by Crippen LogP contribution is 2.25. The fourth-order valence-corrected chi connectivity index (χ4v) is 0.820. The fraction of sp³-hybridized carbons (Fsp3) is 0.455. The smallest absolute Gasteiger partial charge is 0.429 e. The molecule has 0 amide bonds. The SMILES string of the molecule is CC=C(C)C(=O)OC(C=C(C)C(=O)O)C(F)(F)F. The van der Waals surface area contributed by atoms with E-state index < -0.39 is 29.8 Å². The van der Waals surface area contributed by atoms with E-state index in [1.54, 1.807) is 0 Å². The van der Waals surface area contributed by atoms with Gasteiger partial charge in [0.05, 0.1) is 0 Å². The van der Waals surface area contributed by atoms with Gasteiger partial charge >= 0.3 is 18.1 Å². The molecule has 1 N–H and O–H groups in total. The zero-order valence-electron chi connectivity index (χ0n) is 10.0. The number of carboxylic acids is 1. The molecule has 1 unspecified atom stereocenters. The first kappa shape index (κ1) is 16.2. The lowest BCUT2D eigenvalue weighted by Gasteiger charge is -2.18. The zero-order chi connectivity index (χ0) is 14.5. The van der Waals surface area contributed by atoms with Crippen molar-refractivity contribution in [2.45, 2.75) is 33.1 Å². The summed E-state index contributed by atoms with van der Waals surface area (Å²) in [6.07, 6.45) is -5.79. The van der Waals surface area contributed by atoms with Gasteiger partial charge in [0, 0.05) is 11.1 Å². The van der Waals surface area contributed by atoms with Crippen molar-refractivity contribution in [2.75, 3.05) is 0 Å². The average Bonchev–Trinajstić information content (AvgIpc) is 2.25. The van der Waals surface area contributed by atoms with Crippen LogP contribution >= 0.6 is 0 Å². The number of esters is 1. The van der Waals surface area contributed by atoms with Gasteiger partial charge in [-0.25, -0.2) is 9.59 Å². The van der Waals surface area contributed by atoms with E-state index in [0.717, 1.165) is 6.92 Å². The molecule has 0 aliphatic rings. The monoisotopic (exact) mass is 266 g/mol. The van der Waals surface area contributed by atoms with Crippen molar-refractivity contribution in [3.05, 3.63) is 23.3 Å². The second-order valence-corrected chi connectivity index (χ2v) is 3.49. The van der Waals surface area contributed by atoms with Gasteiger partial charge in [0.1, 0.15) is 0 Å². The van der Waals surface area contributed by atoms with Crippen LogP contribution in [0.15, 0.2) is 23.3 Å². The second-order valence-electron chi connectivity index (χ2n) is 3.49. The van der Waals surface area contributed by atoms with Crippen LogP contribution in [0.3, 0.4) is 0 Å². The number of hydrogen-bond donors (Lipinski definition) is 1. The highest BCUT2D eigenvalue weighted by molar-refractivity contribution is 5.88. The van der Waals surface area contributed by atoms with Crippen molar-refractivity contribution in [1.29, 1.82) is 0 Å². The summed E-state index contributed by atoms with van der Waals surface area (Å²) < 4.78 is 41.8. The number of halogens is 3. The Hall–Kier alpha value is -1.79. The molecule has 1 atom stereocenters. The molecule has 18 heavy (non-hydrogen) atoms. The highest BCUT2D eigenvalue weighted by Gasteiger charge is 2.41. The molecule has 0 bridgehead atoms. The third kappa shape index (κ3) is 5.03. The zero-order valence-corrected chi connectivity index (χ0v) is 10.0. The van der Waals surface area contributed by atoms with E-state index in [0.29, 0.717) is 6.08 Å². The van der Waals surface area contributed by atoms with Gasteiger partial charge in [0.2, 0.25) is 6.10 Å². The van der Waals surface area contributed by atoms with Crippen molar-refractivity contribution in [3.8, 4) is 0 Å². The minimum Gasteiger partial charge on any atom is -0.478 e. The lowest BCUT2D eigenvalue weighted by Crippen LogP contribution is -2.33. The Balaban J connectivity index is 5.12. The van der Waals surface area contributed by atoms with Gasteiger partial charge in [-0.2, -0.15) is 13.2 Å². The molecule has 0 aliphatic carbocycles. The van der Waals surface area contributed by atoms with Crippen LogP contribution in [0.25, 0.3) is 0 Å². The number of ether oxygens (including phenoxy) is 1. The van der Waals surface area contributed by atoms with E-state index in [9.17, 15) is 22.8 Å². The van der Waals surface area contributed by atoms with Crippen LogP contribution in [0.5, 0.6) is 0 Å². The Labute approximate surface area is 102 Å². The number of hydrogen-bond acceptors (Lipinski definition) is 3. The maximum Gasteiger partial charge on any atom is 0.429 e. The molecule has 7 heteroatoms. The van der Waals surface area contributed by atoms with E-state index >= 15 is 0 Å². The minimum atomic E-state index is -4.86. The van der Waals surface area contributed by atoms with Gasteiger partial charge in [-0.3, -0.25) is 0 Å². The van der Waals surface area contributed by atoms with Gasteiger partial charge in [-0.05, 0) is 26.8 Å². The normalized spacial score (nSPS) is 15.2. The molecule has 0 aliphatic heterocycles. The lowest BCUT2D eigenvalue weighted by molar-refractivity contribution is -0.206. The average molecular weight is 266 g/mol. The van der Waals surface area contributed by atoms with Gasteiger partial charge in [0.15, 0.2) is 0 Å². The summed E-state index contributed by atoms with van der Waals surface area (Å²) in [6, 6.07) is 0. The molecule has 0 saturated heterocycles. The molecule has 0 fully saturated rings. The first-order chi connectivity index (χ1) is 8.09. The number of aliphatic carboxylic acids is 1. The van der Waals surface area contributed by atoms with E-state index in [-0.39, 0.29) is 5.57 Å². The molecule has 0 radical (unpaired) electrons. The van der Waals surface area contributed by atoms with Gasteiger partial charge in [-0.15, -0.1) is 0 Å². The predicted octanol–water partition coefficient (Wildman–Crippen LogP) is 2.46. The van der Waals surface area contributed by atoms with Crippen LogP contribution in [0.1, 0.15) is 20.8 Å². The second kappa shape index (κ2) is 6.23. The number of carbonyl (C=O) groups is 2. The Kier molecular flexibility index (Phi) is 5.61. The summed E-state index contributed by atoms with van der Waals surface area (Å²) >= 11 is 0. The minimum absolute atomic E-state index is 0.00521. The van der Waals surface area contributed by atoms with E-state index in [1.165, 1.54) is 19.9 Å². The largest absolute Gasteiger partial charge is 0.478 e. The van der Waals surface area contributed by atoms with Crippen molar-refractivity contribution < 1.29 is 32.6 Å². The molecule has 102 valence electrons. The van der Waals surface area contributed by atoms with Crippen LogP contribution < -0.4 is 0 Å². The molecule has 0 rings (SSSR count). The molecular weight excluding hydrogens is 253 g/mol. The molecule has 0 heterocycles.